The van der Waals surface area contributed by atoms with Gasteiger partial charge in [-0.25, -0.2) is 4.79 Å². The van der Waals surface area contributed by atoms with Gasteiger partial charge >= 0.3 is 11.9 Å². The Labute approximate surface area is 131 Å². The third-order valence-electron chi connectivity index (χ3n) is 5.59. The maximum absolute atomic E-state index is 11.5. The third kappa shape index (κ3) is 3.14. The van der Waals surface area contributed by atoms with Gasteiger partial charge < -0.3 is 14.2 Å². The highest BCUT2D eigenvalue weighted by molar-refractivity contribution is 5.70. The van der Waals surface area contributed by atoms with Crippen molar-refractivity contribution in [3.05, 3.63) is 0 Å². The molecule has 0 spiro atoms. The van der Waals surface area contributed by atoms with Crippen molar-refractivity contribution >= 4 is 11.9 Å². The van der Waals surface area contributed by atoms with Gasteiger partial charge in [0.15, 0.2) is 0 Å². The fourth-order valence-electron chi connectivity index (χ4n) is 5.22. The summed E-state index contributed by atoms with van der Waals surface area (Å²) in [6.07, 6.45) is 5.84. The summed E-state index contributed by atoms with van der Waals surface area (Å²) in [6, 6.07) is 0. The second-order valence-electron chi connectivity index (χ2n) is 7.33. The van der Waals surface area contributed by atoms with Crippen LogP contribution in [0.3, 0.4) is 0 Å². The standard InChI is InChI=1S/C17H26O5/c1-3-20-15(19)9-21-16-13-4-12-5-14(16)8-17(6-12,7-13)10-22-11(2)18/h12-14,16H,3-10H2,1-2H3. The molecule has 4 aliphatic carbocycles. The summed E-state index contributed by atoms with van der Waals surface area (Å²) in [5.41, 5.74) is 0.159. The second kappa shape index (κ2) is 6.19. The molecule has 4 saturated carbocycles. The van der Waals surface area contributed by atoms with Crippen LogP contribution in [0.1, 0.15) is 46.0 Å². The predicted molar refractivity (Wildman–Crippen MR) is 79.0 cm³/mol. The van der Waals surface area contributed by atoms with Crippen LogP contribution in [0.15, 0.2) is 0 Å². The van der Waals surface area contributed by atoms with Crippen LogP contribution in [-0.2, 0) is 23.8 Å². The summed E-state index contributed by atoms with van der Waals surface area (Å²) in [5.74, 6) is 1.26. The first-order valence-electron chi connectivity index (χ1n) is 8.42. The summed E-state index contributed by atoms with van der Waals surface area (Å²) >= 11 is 0. The molecule has 4 aliphatic rings. The van der Waals surface area contributed by atoms with Gasteiger partial charge in [-0.3, -0.25) is 4.79 Å². The lowest BCUT2D eigenvalue weighted by Crippen LogP contribution is -2.56. The van der Waals surface area contributed by atoms with Gasteiger partial charge in [0.1, 0.15) is 6.61 Å². The van der Waals surface area contributed by atoms with Crippen molar-refractivity contribution in [2.75, 3.05) is 19.8 Å². The van der Waals surface area contributed by atoms with Crippen LogP contribution in [-0.4, -0.2) is 37.9 Å². The highest BCUT2D eigenvalue weighted by Crippen LogP contribution is 2.60. The predicted octanol–water partition coefficient (Wildman–Crippen LogP) is 2.32. The average molecular weight is 310 g/mol. The van der Waals surface area contributed by atoms with Crippen molar-refractivity contribution in [1.29, 1.82) is 0 Å². The van der Waals surface area contributed by atoms with E-state index in [2.05, 4.69) is 0 Å². The minimum Gasteiger partial charge on any atom is -0.465 e. The Balaban J connectivity index is 1.60. The summed E-state index contributed by atoms with van der Waals surface area (Å²) in [4.78, 5) is 22.7. The van der Waals surface area contributed by atoms with Crippen LogP contribution in [0, 0.1) is 23.2 Å². The SMILES string of the molecule is CCOC(=O)COC1C2CC3CC1CC(COC(C)=O)(C3)C2. The molecule has 2 atom stereocenters. The molecule has 2 unspecified atom stereocenters. The van der Waals surface area contributed by atoms with Gasteiger partial charge in [0.25, 0.3) is 0 Å². The Morgan fingerprint density at radius 3 is 2.36 bits per heavy atom. The Morgan fingerprint density at radius 2 is 1.77 bits per heavy atom. The highest BCUT2D eigenvalue weighted by Gasteiger charge is 2.56. The van der Waals surface area contributed by atoms with Crippen molar-refractivity contribution in [3.8, 4) is 0 Å². The van der Waals surface area contributed by atoms with Crippen LogP contribution in [0.2, 0.25) is 0 Å². The van der Waals surface area contributed by atoms with E-state index in [0.29, 0.717) is 25.0 Å². The molecular weight excluding hydrogens is 284 g/mol. The molecule has 0 aromatic rings. The van der Waals surface area contributed by atoms with E-state index in [0.717, 1.165) is 18.8 Å². The molecule has 0 aromatic heterocycles. The molecule has 0 amide bonds. The molecule has 5 nitrogen and oxygen atoms in total. The zero-order valence-electron chi connectivity index (χ0n) is 13.5. The first kappa shape index (κ1) is 15.8. The van der Waals surface area contributed by atoms with E-state index < -0.39 is 0 Å². The van der Waals surface area contributed by atoms with Crippen LogP contribution in [0.5, 0.6) is 0 Å². The quantitative estimate of drug-likeness (QED) is 0.705. The van der Waals surface area contributed by atoms with Crippen molar-refractivity contribution in [2.45, 2.75) is 52.1 Å². The molecule has 4 fully saturated rings. The Morgan fingerprint density at radius 1 is 1.09 bits per heavy atom. The zero-order valence-corrected chi connectivity index (χ0v) is 13.5. The first-order valence-corrected chi connectivity index (χ1v) is 8.42. The monoisotopic (exact) mass is 310 g/mol. The third-order valence-corrected chi connectivity index (χ3v) is 5.59. The minimum atomic E-state index is -0.272. The largest absolute Gasteiger partial charge is 0.465 e. The Hall–Kier alpha value is -1.10. The van der Waals surface area contributed by atoms with Gasteiger partial charge in [0.05, 0.1) is 19.3 Å². The summed E-state index contributed by atoms with van der Waals surface area (Å²) in [5, 5.41) is 0. The van der Waals surface area contributed by atoms with Gasteiger partial charge in [0, 0.05) is 12.3 Å². The number of hydrogen-bond acceptors (Lipinski definition) is 5. The maximum atomic E-state index is 11.5. The molecule has 4 bridgehead atoms. The topological polar surface area (TPSA) is 61.8 Å². The number of rotatable bonds is 6. The lowest BCUT2D eigenvalue weighted by atomic mass is 9.49. The molecule has 5 heteroatoms. The average Bonchev–Trinajstić information content (AvgIpc) is 2.44. The van der Waals surface area contributed by atoms with Crippen LogP contribution in [0.4, 0.5) is 0 Å². The second-order valence-corrected chi connectivity index (χ2v) is 7.33. The van der Waals surface area contributed by atoms with Crippen LogP contribution >= 0.6 is 0 Å². The van der Waals surface area contributed by atoms with Gasteiger partial charge in [-0.15, -0.1) is 0 Å². The normalized spacial score (nSPS) is 38.8. The molecule has 0 N–H and O–H groups in total. The highest BCUT2D eigenvalue weighted by atomic mass is 16.6. The molecule has 124 valence electrons. The lowest BCUT2D eigenvalue weighted by Gasteiger charge is -2.59. The van der Waals surface area contributed by atoms with Crippen molar-refractivity contribution < 1.29 is 23.8 Å². The van der Waals surface area contributed by atoms with Gasteiger partial charge in [-0.1, -0.05) is 0 Å². The molecular formula is C17H26O5. The maximum Gasteiger partial charge on any atom is 0.332 e. The number of esters is 2. The molecule has 22 heavy (non-hydrogen) atoms. The van der Waals surface area contributed by atoms with E-state index in [-0.39, 0.29) is 30.1 Å². The number of carbonyl (C=O) groups excluding carboxylic acids is 2. The number of hydrogen-bond donors (Lipinski definition) is 0. The van der Waals surface area contributed by atoms with Crippen molar-refractivity contribution in [1.82, 2.24) is 0 Å². The van der Waals surface area contributed by atoms with E-state index in [1.54, 1.807) is 6.92 Å². The first-order chi connectivity index (χ1) is 10.5. The molecule has 4 rings (SSSR count). The van der Waals surface area contributed by atoms with Gasteiger partial charge in [-0.2, -0.15) is 0 Å². The zero-order chi connectivity index (χ0) is 15.7. The lowest BCUT2D eigenvalue weighted by molar-refractivity contribution is -0.187. The minimum absolute atomic E-state index is 0.0626. The van der Waals surface area contributed by atoms with Crippen LogP contribution < -0.4 is 0 Å². The van der Waals surface area contributed by atoms with Crippen molar-refractivity contribution in [3.63, 3.8) is 0 Å². The molecule has 0 saturated heterocycles. The smallest absolute Gasteiger partial charge is 0.332 e. The van der Waals surface area contributed by atoms with E-state index in [4.69, 9.17) is 14.2 Å². The van der Waals surface area contributed by atoms with E-state index in [9.17, 15) is 9.59 Å². The Kier molecular flexibility index (Phi) is 4.44. The number of ether oxygens (including phenoxy) is 3. The fourth-order valence-corrected chi connectivity index (χ4v) is 5.22. The van der Waals surface area contributed by atoms with Crippen LogP contribution in [0.25, 0.3) is 0 Å². The van der Waals surface area contributed by atoms with Crippen molar-refractivity contribution in [2.24, 2.45) is 23.2 Å². The van der Waals surface area contributed by atoms with E-state index in [1.165, 1.54) is 26.2 Å². The summed E-state index contributed by atoms with van der Waals surface area (Å²) in [7, 11) is 0. The fraction of sp³-hybridized carbons (Fsp3) is 0.882. The molecule has 0 aromatic carbocycles. The van der Waals surface area contributed by atoms with Gasteiger partial charge in [0.2, 0.25) is 0 Å². The van der Waals surface area contributed by atoms with E-state index >= 15 is 0 Å². The molecule has 0 heterocycles. The summed E-state index contributed by atoms with van der Waals surface area (Å²) in [6.45, 7) is 4.29. The summed E-state index contributed by atoms with van der Waals surface area (Å²) < 4.78 is 16.2. The molecule has 0 radical (unpaired) electrons. The molecule has 0 aliphatic heterocycles. The van der Waals surface area contributed by atoms with E-state index in [1.807, 2.05) is 0 Å². The van der Waals surface area contributed by atoms with Gasteiger partial charge in [-0.05, 0) is 56.8 Å². The Bertz CT molecular complexity index is 430. The number of carbonyl (C=O) groups is 2.